The summed E-state index contributed by atoms with van der Waals surface area (Å²) >= 11 is 0. The molecule has 0 spiro atoms. The van der Waals surface area contributed by atoms with Crippen molar-refractivity contribution in [3.05, 3.63) is 35.9 Å². The van der Waals surface area contributed by atoms with Crippen molar-refractivity contribution in [3.8, 4) is 0 Å². The summed E-state index contributed by atoms with van der Waals surface area (Å²) in [5.74, 6) is 0.775. The van der Waals surface area contributed by atoms with E-state index in [1.54, 1.807) is 12.5 Å². The maximum atomic E-state index is 12.7. The molecule has 1 aromatic rings. The van der Waals surface area contributed by atoms with Crippen LogP contribution in [0.5, 0.6) is 0 Å². The molecule has 0 saturated carbocycles. The lowest BCUT2D eigenvalue weighted by Crippen LogP contribution is -2.46. The Morgan fingerprint density at radius 3 is 3.09 bits per heavy atom. The number of allylic oxidation sites excluding steroid dienone is 1. The first-order valence-corrected chi connectivity index (χ1v) is 8.71. The van der Waals surface area contributed by atoms with Gasteiger partial charge in [0, 0.05) is 24.9 Å². The Hall–Kier alpha value is -1.75. The molecule has 1 aromatic heterocycles. The highest BCUT2D eigenvalue weighted by Crippen LogP contribution is 2.40. The van der Waals surface area contributed by atoms with Crippen LogP contribution in [-0.2, 0) is 9.53 Å². The zero-order valence-corrected chi connectivity index (χ0v) is 13.4. The molecule has 3 atom stereocenters. The number of rotatable bonds is 2. The number of hydrogen-bond donors (Lipinski definition) is 0. The second kappa shape index (κ2) is 6.40. The van der Waals surface area contributed by atoms with Gasteiger partial charge >= 0.3 is 0 Å². The van der Waals surface area contributed by atoms with E-state index in [1.165, 1.54) is 6.42 Å². The van der Waals surface area contributed by atoms with Gasteiger partial charge in [-0.05, 0) is 50.5 Å². The van der Waals surface area contributed by atoms with Gasteiger partial charge in [-0.15, -0.1) is 0 Å². The second-order valence-electron chi connectivity index (χ2n) is 6.81. The van der Waals surface area contributed by atoms with Gasteiger partial charge in [0.05, 0.1) is 11.8 Å². The highest BCUT2D eigenvalue weighted by molar-refractivity contribution is 5.93. The fourth-order valence-electron chi connectivity index (χ4n) is 4.03. The van der Waals surface area contributed by atoms with Crippen LogP contribution in [0.1, 0.15) is 50.3 Å². The monoisotopic (exact) mass is 313 g/mol. The van der Waals surface area contributed by atoms with Crippen LogP contribution in [0.15, 0.2) is 30.2 Å². The summed E-state index contributed by atoms with van der Waals surface area (Å²) in [4.78, 5) is 23.0. The maximum absolute atomic E-state index is 12.7. The van der Waals surface area contributed by atoms with E-state index in [0.29, 0.717) is 5.92 Å². The summed E-state index contributed by atoms with van der Waals surface area (Å²) in [6.45, 7) is 1.58. The van der Waals surface area contributed by atoms with Crippen molar-refractivity contribution in [2.24, 2.45) is 5.92 Å². The first kappa shape index (κ1) is 14.8. The number of amides is 1. The quantitative estimate of drug-likeness (QED) is 0.842. The summed E-state index contributed by atoms with van der Waals surface area (Å²) in [6.07, 6.45) is 12.1. The highest BCUT2D eigenvalue weighted by atomic mass is 16.5. The van der Waals surface area contributed by atoms with Crippen molar-refractivity contribution in [3.63, 3.8) is 0 Å². The number of aromatic nitrogens is 2. The van der Waals surface area contributed by atoms with Crippen molar-refractivity contribution in [1.82, 2.24) is 14.9 Å². The van der Waals surface area contributed by atoms with Gasteiger partial charge in [0.15, 0.2) is 0 Å². The predicted molar refractivity (Wildman–Crippen MR) is 85.5 cm³/mol. The first-order chi connectivity index (χ1) is 11.3. The van der Waals surface area contributed by atoms with E-state index in [2.05, 4.69) is 16.0 Å². The summed E-state index contributed by atoms with van der Waals surface area (Å²) in [5.41, 5.74) is 1.97. The second-order valence-corrected chi connectivity index (χ2v) is 6.81. The average Bonchev–Trinajstić information content (AvgIpc) is 3.06. The van der Waals surface area contributed by atoms with Crippen molar-refractivity contribution < 1.29 is 9.53 Å². The van der Waals surface area contributed by atoms with E-state index in [0.717, 1.165) is 56.5 Å². The smallest absolute Gasteiger partial charge is 0.249 e. The van der Waals surface area contributed by atoms with Crippen LogP contribution in [-0.4, -0.2) is 40.0 Å². The lowest BCUT2D eigenvalue weighted by atomic mass is 9.90. The molecule has 2 aliphatic heterocycles. The maximum Gasteiger partial charge on any atom is 0.249 e. The number of carbonyl (C=O) groups excluding carboxylic acids is 1. The summed E-state index contributed by atoms with van der Waals surface area (Å²) in [7, 11) is 0. The molecule has 3 aliphatic rings. The van der Waals surface area contributed by atoms with Crippen molar-refractivity contribution >= 4 is 5.91 Å². The van der Waals surface area contributed by atoms with E-state index >= 15 is 0 Å². The molecule has 0 aromatic carbocycles. The first-order valence-electron chi connectivity index (χ1n) is 8.71. The average molecular weight is 313 g/mol. The molecule has 0 radical (unpaired) electrons. The van der Waals surface area contributed by atoms with Crippen molar-refractivity contribution in [2.75, 3.05) is 13.1 Å². The Balaban J connectivity index is 1.41. The third-order valence-electron chi connectivity index (χ3n) is 5.34. The zero-order chi connectivity index (χ0) is 15.6. The van der Waals surface area contributed by atoms with E-state index in [9.17, 15) is 4.79 Å². The number of nitrogens with zero attached hydrogens (tertiary/aromatic N) is 3. The molecule has 4 rings (SSSR count). The minimum absolute atomic E-state index is 0.0527. The SMILES string of the molecule is O=C(C1=CCCCC1)N1CC[C@H]2C[C@@H](c3ccncn3)O[C@@H]2C1. The van der Waals surface area contributed by atoms with Crippen LogP contribution in [0.3, 0.4) is 0 Å². The van der Waals surface area contributed by atoms with Crippen molar-refractivity contribution in [2.45, 2.75) is 50.7 Å². The van der Waals surface area contributed by atoms with Gasteiger partial charge in [0.2, 0.25) is 5.91 Å². The Bertz CT molecular complexity index is 602. The number of likely N-dealkylation sites (tertiary alicyclic amines) is 1. The fourth-order valence-corrected chi connectivity index (χ4v) is 4.03. The topological polar surface area (TPSA) is 55.3 Å². The third-order valence-corrected chi connectivity index (χ3v) is 5.34. The highest BCUT2D eigenvalue weighted by Gasteiger charge is 2.41. The molecule has 2 fully saturated rings. The van der Waals surface area contributed by atoms with E-state index in [4.69, 9.17) is 4.74 Å². The molecule has 0 unspecified atom stereocenters. The lowest BCUT2D eigenvalue weighted by molar-refractivity contribution is -0.131. The molecular formula is C18H23N3O2. The number of ether oxygens (including phenoxy) is 1. The third kappa shape index (κ3) is 3.02. The molecule has 5 heteroatoms. The molecule has 1 aliphatic carbocycles. The summed E-state index contributed by atoms with van der Waals surface area (Å²) in [5, 5.41) is 0. The molecule has 3 heterocycles. The van der Waals surface area contributed by atoms with E-state index in [1.807, 2.05) is 11.0 Å². The van der Waals surface area contributed by atoms with Gasteiger partial charge < -0.3 is 9.64 Å². The Morgan fingerprint density at radius 2 is 2.30 bits per heavy atom. The minimum Gasteiger partial charge on any atom is -0.367 e. The van der Waals surface area contributed by atoms with Gasteiger partial charge in [-0.2, -0.15) is 0 Å². The van der Waals surface area contributed by atoms with Crippen LogP contribution in [0.4, 0.5) is 0 Å². The van der Waals surface area contributed by atoms with Gasteiger partial charge in [-0.3, -0.25) is 4.79 Å². The molecule has 2 saturated heterocycles. The minimum atomic E-state index is 0.0527. The Kier molecular flexibility index (Phi) is 4.12. The number of piperidine rings is 1. The zero-order valence-electron chi connectivity index (χ0n) is 13.4. The molecule has 122 valence electrons. The van der Waals surface area contributed by atoms with Gasteiger partial charge in [-0.1, -0.05) is 6.08 Å². The number of carbonyl (C=O) groups is 1. The Labute approximate surface area is 136 Å². The molecule has 0 N–H and O–H groups in total. The standard InChI is InChI=1S/C18H23N3O2/c22-18(13-4-2-1-3-5-13)21-9-7-14-10-16(23-17(14)11-21)15-6-8-19-12-20-15/h4,6,8,12,14,16-17H,1-3,5,7,9-11H2/t14-,16-,17+/m0/s1. The van der Waals surface area contributed by atoms with Crippen LogP contribution < -0.4 is 0 Å². The predicted octanol–water partition coefficient (Wildman–Crippen LogP) is 2.66. The molecule has 23 heavy (non-hydrogen) atoms. The van der Waals surface area contributed by atoms with Gasteiger partial charge in [-0.25, -0.2) is 9.97 Å². The van der Waals surface area contributed by atoms with Gasteiger partial charge in [0.1, 0.15) is 12.4 Å². The molecular weight excluding hydrogens is 290 g/mol. The van der Waals surface area contributed by atoms with Crippen LogP contribution in [0.25, 0.3) is 0 Å². The largest absolute Gasteiger partial charge is 0.367 e. The van der Waals surface area contributed by atoms with Gasteiger partial charge in [0.25, 0.3) is 0 Å². The van der Waals surface area contributed by atoms with Crippen LogP contribution in [0.2, 0.25) is 0 Å². The number of fused-ring (bicyclic) bond motifs is 1. The summed E-state index contributed by atoms with van der Waals surface area (Å²) in [6, 6.07) is 1.93. The van der Waals surface area contributed by atoms with Crippen molar-refractivity contribution in [1.29, 1.82) is 0 Å². The molecule has 5 nitrogen and oxygen atoms in total. The summed E-state index contributed by atoms with van der Waals surface area (Å²) < 4.78 is 6.22. The van der Waals surface area contributed by atoms with Crippen LogP contribution in [0, 0.1) is 5.92 Å². The van der Waals surface area contributed by atoms with Crippen LogP contribution >= 0.6 is 0 Å². The molecule has 0 bridgehead atoms. The number of hydrogen-bond acceptors (Lipinski definition) is 4. The lowest BCUT2D eigenvalue weighted by Gasteiger charge is -2.35. The normalized spacial score (nSPS) is 30.7. The van der Waals surface area contributed by atoms with E-state index < -0.39 is 0 Å². The molecule has 1 amide bonds. The van der Waals surface area contributed by atoms with E-state index in [-0.39, 0.29) is 18.1 Å². The Morgan fingerprint density at radius 1 is 1.35 bits per heavy atom. The fraction of sp³-hybridized carbons (Fsp3) is 0.611.